The maximum Gasteiger partial charge on any atom is 0.119 e. The van der Waals surface area contributed by atoms with E-state index in [9.17, 15) is 0 Å². The van der Waals surface area contributed by atoms with Gasteiger partial charge in [0.25, 0.3) is 0 Å². The zero-order valence-electron chi connectivity index (χ0n) is 13.3. The quantitative estimate of drug-likeness (QED) is 0.803. The highest BCUT2D eigenvalue weighted by Crippen LogP contribution is 2.39. The van der Waals surface area contributed by atoms with Crippen molar-refractivity contribution in [3.05, 3.63) is 29.8 Å². The predicted molar refractivity (Wildman–Crippen MR) is 96.8 cm³/mol. The van der Waals surface area contributed by atoms with E-state index < -0.39 is 0 Å². The summed E-state index contributed by atoms with van der Waals surface area (Å²) in [5, 5.41) is 5.09. The Kier molecular flexibility index (Phi) is 7.27. The van der Waals surface area contributed by atoms with E-state index in [0.717, 1.165) is 18.9 Å². The van der Waals surface area contributed by atoms with Gasteiger partial charge in [0.1, 0.15) is 5.75 Å². The van der Waals surface area contributed by atoms with E-state index >= 15 is 0 Å². The maximum absolute atomic E-state index is 5.68. The largest absolute Gasteiger partial charge is 0.494 e. The second kappa shape index (κ2) is 8.96. The number of rotatable bonds is 7. The van der Waals surface area contributed by atoms with Gasteiger partial charge in [0, 0.05) is 28.0 Å². The summed E-state index contributed by atoms with van der Waals surface area (Å²) >= 11 is 4.22. The van der Waals surface area contributed by atoms with Crippen molar-refractivity contribution in [3.63, 3.8) is 0 Å². The van der Waals surface area contributed by atoms with Crippen molar-refractivity contribution >= 4 is 23.5 Å². The van der Waals surface area contributed by atoms with Crippen LogP contribution in [0.2, 0.25) is 0 Å². The van der Waals surface area contributed by atoms with E-state index in [2.05, 4.69) is 67.0 Å². The third-order valence-electron chi connectivity index (χ3n) is 3.71. The lowest BCUT2D eigenvalue weighted by Crippen LogP contribution is -2.38. The third-order valence-corrected chi connectivity index (χ3v) is 6.90. The SMILES string of the molecule is CCCNC(c1cccc(OCC)c1)C1SCCSC1C. The molecule has 21 heavy (non-hydrogen) atoms. The summed E-state index contributed by atoms with van der Waals surface area (Å²) in [6.45, 7) is 8.43. The summed E-state index contributed by atoms with van der Waals surface area (Å²) in [6, 6.07) is 9.03. The van der Waals surface area contributed by atoms with Gasteiger partial charge in [-0.1, -0.05) is 26.0 Å². The van der Waals surface area contributed by atoms with Crippen molar-refractivity contribution in [1.29, 1.82) is 0 Å². The van der Waals surface area contributed by atoms with Crippen molar-refractivity contribution < 1.29 is 4.74 Å². The van der Waals surface area contributed by atoms with Crippen LogP contribution < -0.4 is 10.1 Å². The molecule has 0 radical (unpaired) electrons. The Hall–Kier alpha value is -0.320. The predicted octanol–water partition coefficient (Wildman–Crippen LogP) is 4.36. The molecule has 1 saturated heterocycles. The normalized spacial score (nSPS) is 23.8. The van der Waals surface area contributed by atoms with Crippen molar-refractivity contribution in [3.8, 4) is 5.75 Å². The van der Waals surface area contributed by atoms with Gasteiger partial charge < -0.3 is 10.1 Å². The van der Waals surface area contributed by atoms with Gasteiger partial charge >= 0.3 is 0 Å². The van der Waals surface area contributed by atoms with Crippen LogP contribution in [0, 0.1) is 0 Å². The number of thioether (sulfide) groups is 2. The standard InChI is InChI=1S/C17H27NOS2/c1-4-9-18-16(17-13(3)20-10-11-21-17)14-7-6-8-15(12-14)19-5-2/h6-8,12-13,16-18H,4-5,9-11H2,1-3H3. The summed E-state index contributed by atoms with van der Waals surface area (Å²) in [5.41, 5.74) is 1.36. The molecule has 2 nitrogen and oxygen atoms in total. The molecule has 4 heteroatoms. The average molecular weight is 326 g/mol. The summed E-state index contributed by atoms with van der Waals surface area (Å²) < 4.78 is 5.68. The minimum atomic E-state index is 0.415. The third kappa shape index (κ3) is 4.83. The van der Waals surface area contributed by atoms with Gasteiger partial charge in [-0.15, -0.1) is 0 Å². The van der Waals surface area contributed by atoms with Crippen LogP contribution >= 0.6 is 23.5 Å². The van der Waals surface area contributed by atoms with Crippen LogP contribution in [-0.2, 0) is 0 Å². The van der Waals surface area contributed by atoms with Crippen molar-refractivity contribution in [2.75, 3.05) is 24.7 Å². The van der Waals surface area contributed by atoms with Gasteiger partial charge in [0.2, 0.25) is 0 Å². The molecule has 118 valence electrons. The van der Waals surface area contributed by atoms with Gasteiger partial charge in [-0.2, -0.15) is 23.5 Å². The first-order valence-corrected chi connectivity index (χ1v) is 10.0. The number of nitrogens with one attached hydrogen (secondary N) is 1. The molecular formula is C17H27NOS2. The highest BCUT2D eigenvalue weighted by molar-refractivity contribution is 8.07. The fraction of sp³-hybridized carbons (Fsp3) is 0.647. The first-order chi connectivity index (χ1) is 10.3. The smallest absolute Gasteiger partial charge is 0.119 e. The Labute approximate surface area is 137 Å². The molecule has 1 N–H and O–H groups in total. The lowest BCUT2D eigenvalue weighted by molar-refractivity contribution is 0.339. The van der Waals surface area contributed by atoms with Gasteiger partial charge in [0.05, 0.1) is 6.61 Å². The Bertz CT molecular complexity index is 427. The van der Waals surface area contributed by atoms with E-state index in [1.54, 1.807) is 0 Å². The molecule has 1 aromatic rings. The van der Waals surface area contributed by atoms with Gasteiger partial charge in [-0.3, -0.25) is 0 Å². The maximum atomic E-state index is 5.68. The molecule has 1 aliphatic rings. The zero-order valence-corrected chi connectivity index (χ0v) is 14.9. The number of hydrogen-bond donors (Lipinski definition) is 1. The molecule has 0 amide bonds. The molecule has 3 atom stereocenters. The van der Waals surface area contributed by atoms with Crippen molar-refractivity contribution in [1.82, 2.24) is 5.32 Å². The van der Waals surface area contributed by atoms with Gasteiger partial charge in [-0.05, 0) is 37.6 Å². The summed E-state index contributed by atoms with van der Waals surface area (Å²) in [5.74, 6) is 3.52. The van der Waals surface area contributed by atoms with E-state index in [4.69, 9.17) is 4.74 Å². The molecule has 0 aromatic heterocycles. The van der Waals surface area contributed by atoms with Crippen LogP contribution in [0.5, 0.6) is 5.75 Å². The summed E-state index contributed by atoms with van der Waals surface area (Å²) in [4.78, 5) is 0. The number of ether oxygens (including phenoxy) is 1. The Morgan fingerprint density at radius 1 is 1.29 bits per heavy atom. The van der Waals surface area contributed by atoms with Crippen LogP contribution in [0.3, 0.4) is 0 Å². The lowest BCUT2D eigenvalue weighted by atomic mass is 10.0. The molecular weight excluding hydrogens is 298 g/mol. The monoisotopic (exact) mass is 325 g/mol. The fourth-order valence-electron chi connectivity index (χ4n) is 2.70. The van der Waals surface area contributed by atoms with E-state index in [1.165, 1.54) is 23.5 Å². The second-order valence-corrected chi connectivity index (χ2v) is 8.12. The molecule has 1 aromatic carbocycles. The van der Waals surface area contributed by atoms with E-state index in [0.29, 0.717) is 16.5 Å². The fourth-order valence-corrected chi connectivity index (χ4v) is 5.65. The average Bonchev–Trinajstić information content (AvgIpc) is 2.50. The van der Waals surface area contributed by atoms with Crippen LogP contribution in [0.4, 0.5) is 0 Å². The molecule has 1 heterocycles. The first-order valence-electron chi connectivity index (χ1n) is 7.95. The molecule has 1 aliphatic heterocycles. The molecule has 0 spiro atoms. The van der Waals surface area contributed by atoms with E-state index in [1.807, 2.05) is 6.92 Å². The number of benzene rings is 1. The Morgan fingerprint density at radius 2 is 2.10 bits per heavy atom. The van der Waals surface area contributed by atoms with Crippen molar-refractivity contribution in [2.45, 2.75) is 43.7 Å². The number of hydrogen-bond acceptors (Lipinski definition) is 4. The van der Waals surface area contributed by atoms with Crippen LogP contribution in [-0.4, -0.2) is 35.2 Å². The Morgan fingerprint density at radius 3 is 2.81 bits per heavy atom. The molecule has 0 saturated carbocycles. The molecule has 0 bridgehead atoms. The molecule has 1 fully saturated rings. The minimum Gasteiger partial charge on any atom is -0.494 e. The van der Waals surface area contributed by atoms with E-state index in [-0.39, 0.29) is 0 Å². The highest BCUT2D eigenvalue weighted by Gasteiger charge is 2.31. The van der Waals surface area contributed by atoms with Gasteiger partial charge in [-0.25, -0.2) is 0 Å². The van der Waals surface area contributed by atoms with Gasteiger partial charge in [0.15, 0.2) is 0 Å². The minimum absolute atomic E-state index is 0.415. The second-order valence-electron chi connectivity index (χ2n) is 5.35. The molecule has 0 aliphatic carbocycles. The van der Waals surface area contributed by atoms with Crippen LogP contribution in [0.15, 0.2) is 24.3 Å². The van der Waals surface area contributed by atoms with Crippen LogP contribution in [0.1, 0.15) is 38.8 Å². The first kappa shape index (κ1) is 17.0. The topological polar surface area (TPSA) is 21.3 Å². The molecule has 2 rings (SSSR count). The van der Waals surface area contributed by atoms with Crippen LogP contribution in [0.25, 0.3) is 0 Å². The summed E-state index contributed by atoms with van der Waals surface area (Å²) in [6.07, 6.45) is 1.17. The lowest BCUT2D eigenvalue weighted by Gasteiger charge is -2.35. The summed E-state index contributed by atoms with van der Waals surface area (Å²) in [7, 11) is 0. The zero-order chi connectivity index (χ0) is 15.1. The highest BCUT2D eigenvalue weighted by atomic mass is 32.2. The van der Waals surface area contributed by atoms with Crippen molar-refractivity contribution in [2.24, 2.45) is 0 Å². The molecule has 3 unspecified atom stereocenters. The Balaban J connectivity index is 2.19.